The summed E-state index contributed by atoms with van der Waals surface area (Å²) in [5.41, 5.74) is 1.21. The van der Waals surface area contributed by atoms with Gasteiger partial charge in [-0.2, -0.15) is 0 Å². The van der Waals surface area contributed by atoms with Crippen LogP contribution >= 0.6 is 12.2 Å². The number of nitrogens with one attached hydrogen (secondary N) is 1. The maximum Gasteiger partial charge on any atom is 0.270 e. The zero-order valence-electron chi connectivity index (χ0n) is 18.1. The van der Waals surface area contributed by atoms with Gasteiger partial charge in [0.05, 0.1) is 11.8 Å². The van der Waals surface area contributed by atoms with Crippen molar-refractivity contribution < 1.29 is 19.1 Å². The molecule has 4 rings (SSSR count). The Morgan fingerprint density at radius 2 is 1.45 bits per heavy atom. The number of amides is 2. The van der Waals surface area contributed by atoms with Crippen LogP contribution in [0.25, 0.3) is 6.08 Å². The molecular weight excluding hydrogens is 436 g/mol. The number of benzene rings is 3. The third kappa shape index (κ3) is 5.27. The third-order valence-electron chi connectivity index (χ3n) is 4.74. The number of hydrogen-bond acceptors (Lipinski definition) is 5. The fourth-order valence-corrected chi connectivity index (χ4v) is 3.54. The summed E-state index contributed by atoms with van der Waals surface area (Å²) in [6.07, 6.45) is 1.59. The molecule has 1 heterocycles. The molecule has 0 unspecified atom stereocenters. The van der Waals surface area contributed by atoms with Crippen LogP contribution in [0.1, 0.15) is 19.4 Å². The molecule has 0 bridgehead atoms. The molecule has 0 radical (unpaired) electrons. The highest BCUT2D eigenvalue weighted by atomic mass is 32.1. The summed E-state index contributed by atoms with van der Waals surface area (Å²) in [7, 11) is 0. The summed E-state index contributed by atoms with van der Waals surface area (Å²) >= 11 is 5.27. The number of thiocarbonyl (C=S) groups is 1. The van der Waals surface area contributed by atoms with E-state index in [1.165, 1.54) is 4.90 Å². The number of hydrogen-bond donors (Lipinski definition) is 1. The van der Waals surface area contributed by atoms with Gasteiger partial charge in [0.1, 0.15) is 22.8 Å². The molecule has 7 heteroatoms. The molecule has 0 spiro atoms. The lowest BCUT2D eigenvalue weighted by Gasteiger charge is -2.29. The Morgan fingerprint density at radius 3 is 2.09 bits per heavy atom. The van der Waals surface area contributed by atoms with Gasteiger partial charge < -0.3 is 9.47 Å². The van der Waals surface area contributed by atoms with Crippen LogP contribution in [0, 0.1) is 0 Å². The van der Waals surface area contributed by atoms with E-state index in [-0.39, 0.29) is 16.8 Å². The van der Waals surface area contributed by atoms with Gasteiger partial charge in [-0.25, -0.2) is 0 Å². The summed E-state index contributed by atoms with van der Waals surface area (Å²) in [4.78, 5) is 27.0. The van der Waals surface area contributed by atoms with E-state index in [4.69, 9.17) is 21.7 Å². The van der Waals surface area contributed by atoms with E-state index >= 15 is 0 Å². The van der Waals surface area contributed by atoms with Crippen LogP contribution in [-0.2, 0) is 9.59 Å². The highest BCUT2D eigenvalue weighted by Crippen LogP contribution is 2.27. The third-order valence-corrected chi connectivity index (χ3v) is 5.02. The summed E-state index contributed by atoms with van der Waals surface area (Å²) < 4.78 is 11.4. The van der Waals surface area contributed by atoms with E-state index in [9.17, 15) is 9.59 Å². The minimum Gasteiger partial charge on any atom is -0.491 e. The van der Waals surface area contributed by atoms with E-state index in [1.807, 2.05) is 44.2 Å². The predicted octanol–water partition coefficient (Wildman–Crippen LogP) is 5.10. The molecule has 0 aliphatic carbocycles. The number of anilines is 1. The van der Waals surface area contributed by atoms with Crippen LogP contribution in [0.4, 0.5) is 5.69 Å². The lowest BCUT2D eigenvalue weighted by Crippen LogP contribution is -2.54. The molecule has 1 aliphatic rings. The quantitative estimate of drug-likeness (QED) is 0.316. The van der Waals surface area contributed by atoms with Crippen molar-refractivity contribution in [3.8, 4) is 17.2 Å². The van der Waals surface area contributed by atoms with Crippen molar-refractivity contribution in [2.24, 2.45) is 0 Å². The van der Waals surface area contributed by atoms with Gasteiger partial charge in [0.2, 0.25) is 0 Å². The first-order chi connectivity index (χ1) is 15.9. The number of ether oxygens (including phenoxy) is 2. The molecule has 6 nitrogen and oxygen atoms in total. The molecular formula is C26H22N2O4S. The van der Waals surface area contributed by atoms with Gasteiger partial charge in [-0.15, -0.1) is 0 Å². The average molecular weight is 459 g/mol. The standard InChI is InChI=1S/C26H22N2O4S/c1-17(2)31-21-12-8-18(9-13-21)16-23-24(29)27-26(33)28(25(23)30)19-10-14-22(15-11-19)32-20-6-4-3-5-7-20/h3-17H,1-2H3,(H,27,29,33)/b23-16+. The SMILES string of the molecule is CC(C)Oc1ccc(/C=C2\C(=O)NC(=S)N(c3ccc(Oc4ccccc4)cc3)C2=O)cc1. The maximum atomic E-state index is 13.2. The molecule has 166 valence electrons. The molecule has 0 atom stereocenters. The lowest BCUT2D eigenvalue weighted by atomic mass is 10.1. The number of carbonyl (C=O) groups excluding carboxylic acids is 2. The number of para-hydroxylation sites is 1. The van der Waals surface area contributed by atoms with E-state index in [0.29, 0.717) is 28.5 Å². The van der Waals surface area contributed by atoms with Crippen molar-refractivity contribution in [3.63, 3.8) is 0 Å². The second-order valence-electron chi connectivity index (χ2n) is 7.60. The normalized spacial score (nSPS) is 15.1. The molecule has 1 N–H and O–H groups in total. The van der Waals surface area contributed by atoms with Crippen LogP contribution < -0.4 is 19.7 Å². The highest BCUT2D eigenvalue weighted by molar-refractivity contribution is 7.80. The minimum absolute atomic E-state index is 0.00857. The average Bonchev–Trinajstić information content (AvgIpc) is 2.79. The van der Waals surface area contributed by atoms with Gasteiger partial charge in [-0.05, 0) is 86.2 Å². The minimum atomic E-state index is -0.534. The Bertz CT molecular complexity index is 1200. The van der Waals surface area contributed by atoms with E-state index < -0.39 is 11.8 Å². The van der Waals surface area contributed by atoms with Crippen LogP contribution in [0.3, 0.4) is 0 Å². The van der Waals surface area contributed by atoms with E-state index in [1.54, 1.807) is 54.6 Å². The summed E-state index contributed by atoms with van der Waals surface area (Å²) in [5, 5.41) is 2.62. The number of carbonyl (C=O) groups is 2. The highest BCUT2D eigenvalue weighted by Gasteiger charge is 2.34. The van der Waals surface area contributed by atoms with Crippen LogP contribution in [0.5, 0.6) is 17.2 Å². The van der Waals surface area contributed by atoms with E-state index in [0.717, 1.165) is 0 Å². The predicted molar refractivity (Wildman–Crippen MR) is 131 cm³/mol. The second kappa shape index (κ2) is 9.67. The fraction of sp³-hybridized carbons (Fsp3) is 0.115. The molecule has 3 aromatic carbocycles. The Kier molecular flexibility index (Phi) is 6.51. The van der Waals surface area contributed by atoms with Crippen LogP contribution in [0.15, 0.2) is 84.4 Å². The zero-order chi connectivity index (χ0) is 23.4. The van der Waals surface area contributed by atoms with Crippen LogP contribution in [0.2, 0.25) is 0 Å². The number of nitrogens with zero attached hydrogens (tertiary/aromatic N) is 1. The van der Waals surface area contributed by atoms with Crippen LogP contribution in [-0.4, -0.2) is 23.0 Å². The monoisotopic (exact) mass is 458 g/mol. The molecule has 0 aromatic heterocycles. The summed E-state index contributed by atoms with van der Waals surface area (Å²) in [6.45, 7) is 3.89. The summed E-state index contributed by atoms with van der Waals surface area (Å²) in [6, 6.07) is 23.5. The van der Waals surface area contributed by atoms with Gasteiger partial charge in [0.25, 0.3) is 11.8 Å². The first-order valence-corrected chi connectivity index (χ1v) is 10.8. The Hall–Kier alpha value is -3.97. The van der Waals surface area contributed by atoms with Gasteiger partial charge in [-0.3, -0.25) is 19.8 Å². The first-order valence-electron chi connectivity index (χ1n) is 10.4. The molecule has 0 saturated carbocycles. The van der Waals surface area contributed by atoms with Gasteiger partial charge in [-0.1, -0.05) is 30.3 Å². The van der Waals surface area contributed by atoms with Crippen molar-refractivity contribution in [3.05, 3.63) is 90.0 Å². The maximum absolute atomic E-state index is 13.2. The fourth-order valence-electron chi connectivity index (χ4n) is 3.26. The molecule has 3 aromatic rings. The molecule has 2 amide bonds. The lowest BCUT2D eigenvalue weighted by molar-refractivity contribution is -0.122. The molecule has 33 heavy (non-hydrogen) atoms. The smallest absolute Gasteiger partial charge is 0.270 e. The van der Waals surface area contributed by atoms with Crippen molar-refractivity contribution in [2.45, 2.75) is 20.0 Å². The second-order valence-corrected chi connectivity index (χ2v) is 7.99. The van der Waals surface area contributed by atoms with Crippen molar-refractivity contribution in [1.29, 1.82) is 0 Å². The summed E-state index contributed by atoms with van der Waals surface area (Å²) in [5.74, 6) is 1.00. The Labute approximate surface area is 197 Å². The van der Waals surface area contributed by atoms with Gasteiger partial charge in [0.15, 0.2) is 5.11 Å². The Morgan fingerprint density at radius 1 is 0.848 bits per heavy atom. The molecule has 1 fully saturated rings. The Balaban J connectivity index is 1.55. The molecule has 1 saturated heterocycles. The van der Waals surface area contributed by atoms with Crippen molar-refractivity contribution >= 4 is 40.9 Å². The molecule has 1 aliphatic heterocycles. The van der Waals surface area contributed by atoms with Gasteiger partial charge in [0, 0.05) is 0 Å². The number of rotatable bonds is 6. The topological polar surface area (TPSA) is 67.9 Å². The van der Waals surface area contributed by atoms with E-state index in [2.05, 4.69) is 5.32 Å². The van der Waals surface area contributed by atoms with Crippen molar-refractivity contribution in [2.75, 3.05) is 4.90 Å². The van der Waals surface area contributed by atoms with Gasteiger partial charge >= 0.3 is 0 Å². The van der Waals surface area contributed by atoms with Crippen molar-refractivity contribution in [1.82, 2.24) is 5.32 Å². The zero-order valence-corrected chi connectivity index (χ0v) is 19.0. The largest absolute Gasteiger partial charge is 0.491 e. The first kappa shape index (κ1) is 22.2.